The second-order valence-electron chi connectivity index (χ2n) is 3.62. The molecule has 0 amide bonds. The van der Waals surface area contributed by atoms with Crippen LogP contribution in [0.1, 0.15) is 0 Å². The Balaban J connectivity index is 1.92. The molecule has 4 nitrogen and oxygen atoms in total. The first kappa shape index (κ1) is 11.0. The van der Waals surface area contributed by atoms with Gasteiger partial charge in [-0.3, -0.25) is 0 Å². The zero-order valence-electron chi connectivity index (χ0n) is 9.13. The standard InChI is InChI=1S/C12H8FN3OS/c13-7-1-4-11(15-6-7)18-12-16-9-3-2-8(14)5-10(9)17-12/h1-6H,14H2. The van der Waals surface area contributed by atoms with Crippen LogP contribution in [0.15, 0.2) is 51.2 Å². The number of nitrogens with zero attached hydrogens (tertiary/aromatic N) is 2. The summed E-state index contributed by atoms with van der Waals surface area (Å²) < 4.78 is 18.2. The second-order valence-corrected chi connectivity index (χ2v) is 4.60. The minimum absolute atomic E-state index is 0.371. The van der Waals surface area contributed by atoms with Crippen molar-refractivity contribution in [1.82, 2.24) is 9.97 Å². The maximum Gasteiger partial charge on any atom is 0.263 e. The van der Waals surface area contributed by atoms with E-state index in [1.54, 1.807) is 24.3 Å². The van der Waals surface area contributed by atoms with E-state index < -0.39 is 0 Å². The van der Waals surface area contributed by atoms with Crippen LogP contribution in [0.3, 0.4) is 0 Å². The zero-order chi connectivity index (χ0) is 12.5. The number of pyridine rings is 1. The Morgan fingerprint density at radius 2 is 2.11 bits per heavy atom. The van der Waals surface area contributed by atoms with E-state index in [2.05, 4.69) is 9.97 Å². The van der Waals surface area contributed by atoms with Crippen LogP contribution >= 0.6 is 11.8 Å². The van der Waals surface area contributed by atoms with Crippen molar-refractivity contribution in [2.75, 3.05) is 5.73 Å². The fourth-order valence-electron chi connectivity index (χ4n) is 1.48. The number of oxazole rings is 1. The topological polar surface area (TPSA) is 64.9 Å². The normalized spacial score (nSPS) is 10.9. The summed E-state index contributed by atoms with van der Waals surface area (Å²) in [5.41, 5.74) is 7.63. The number of halogens is 1. The fraction of sp³-hybridized carbons (Fsp3) is 0. The Morgan fingerprint density at radius 1 is 1.22 bits per heavy atom. The Bertz CT molecular complexity index is 696. The highest BCUT2D eigenvalue weighted by atomic mass is 32.2. The molecule has 0 bridgehead atoms. The summed E-state index contributed by atoms with van der Waals surface area (Å²) in [7, 11) is 0. The van der Waals surface area contributed by atoms with Gasteiger partial charge in [-0.25, -0.2) is 14.4 Å². The molecule has 0 fully saturated rings. The molecule has 90 valence electrons. The van der Waals surface area contributed by atoms with Crippen LogP contribution < -0.4 is 5.73 Å². The Labute approximate surface area is 106 Å². The van der Waals surface area contributed by atoms with Crippen molar-refractivity contribution in [2.45, 2.75) is 10.2 Å². The molecule has 0 unspecified atom stereocenters. The lowest BCUT2D eigenvalue weighted by molar-refractivity contribution is 0.489. The summed E-state index contributed by atoms with van der Waals surface area (Å²) in [4.78, 5) is 8.20. The van der Waals surface area contributed by atoms with Gasteiger partial charge in [0.2, 0.25) is 0 Å². The number of benzene rings is 1. The smallest absolute Gasteiger partial charge is 0.263 e. The Kier molecular flexibility index (Phi) is 2.64. The van der Waals surface area contributed by atoms with Crippen molar-refractivity contribution in [1.29, 1.82) is 0 Å². The predicted octanol–water partition coefficient (Wildman–Crippen LogP) is 3.10. The molecular weight excluding hydrogens is 253 g/mol. The van der Waals surface area contributed by atoms with Crippen LogP contribution in [-0.2, 0) is 0 Å². The third-order valence-corrected chi connectivity index (χ3v) is 3.08. The van der Waals surface area contributed by atoms with Crippen LogP contribution in [0.4, 0.5) is 10.1 Å². The zero-order valence-corrected chi connectivity index (χ0v) is 9.95. The molecule has 0 aliphatic carbocycles. The average Bonchev–Trinajstić information content (AvgIpc) is 2.73. The molecule has 3 aromatic rings. The van der Waals surface area contributed by atoms with Crippen LogP contribution in [0, 0.1) is 5.82 Å². The number of aromatic nitrogens is 2. The molecule has 2 N–H and O–H groups in total. The third-order valence-electron chi connectivity index (χ3n) is 2.29. The van der Waals surface area contributed by atoms with Crippen molar-refractivity contribution in [3.63, 3.8) is 0 Å². The first-order valence-electron chi connectivity index (χ1n) is 5.16. The molecule has 6 heteroatoms. The lowest BCUT2D eigenvalue weighted by Crippen LogP contribution is -1.81. The first-order chi connectivity index (χ1) is 8.70. The van der Waals surface area contributed by atoms with Gasteiger partial charge in [0.1, 0.15) is 16.4 Å². The summed E-state index contributed by atoms with van der Waals surface area (Å²) in [6.07, 6.45) is 1.16. The molecule has 0 saturated heterocycles. The van der Waals surface area contributed by atoms with E-state index in [0.29, 0.717) is 21.5 Å². The van der Waals surface area contributed by atoms with Crippen LogP contribution in [0.2, 0.25) is 0 Å². The molecule has 0 aliphatic heterocycles. The van der Waals surface area contributed by atoms with Gasteiger partial charge in [-0.15, -0.1) is 0 Å². The van der Waals surface area contributed by atoms with E-state index in [9.17, 15) is 4.39 Å². The lowest BCUT2D eigenvalue weighted by Gasteiger charge is -1.94. The van der Waals surface area contributed by atoms with Crippen molar-refractivity contribution in [2.24, 2.45) is 0 Å². The lowest BCUT2D eigenvalue weighted by atomic mass is 10.3. The number of fused-ring (bicyclic) bond motifs is 1. The molecule has 3 rings (SSSR count). The first-order valence-corrected chi connectivity index (χ1v) is 5.98. The van der Waals surface area contributed by atoms with Gasteiger partial charge in [-0.2, -0.15) is 0 Å². The average molecular weight is 261 g/mol. The number of anilines is 1. The fourth-order valence-corrected chi connectivity index (χ4v) is 2.17. The third kappa shape index (κ3) is 2.14. The van der Waals surface area contributed by atoms with E-state index in [4.69, 9.17) is 10.2 Å². The summed E-state index contributed by atoms with van der Waals surface area (Å²) in [5, 5.41) is 1.07. The van der Waals surface area contributed by atoms with E-state index in [1.807, 2.05) is 0 Å². The van der Waals surface area contributed by atoms with Gasteiger partial charge in [0, 0.05) is 11.8 Å². The minimum Gasteiger partial charge on any atom is -0.431 e. The number of hydrogen-bond donors (Lipinski definition) is 1. The number of nitrogen functional groups attached to an aromatic ring is 1. The molecule has 0 saturated carbocycles. The highest BCUT2D eigenvalue weighted by molar-refractivity contribution is 7.99. The van der Waals surface area contributed by atoms with Crippen molar-refractivity contribution >= 4 is 28.5 Å². The summed E-state index contributed by atoms with van der Waals surface area (Å²) in [6, 6.07) is 8.18. The van der Waals surface area contributed by atoms with E-state index in [1.165, 1.54) is 17.8 Å². The van der Waals surface area contributed by atoms with Crippen LogP contribution in [0.5, 0.6) is 0 Å². The molecule has 0 aliphatic rings. The monoisotopic (exact) mass is 261 g/mol. The molecule has 1 aromatic carbocycles. The highest BCUT2D eigenvalue weighted by Crippen LogP contribution is 2.29. The van der Waals surface area contributed by atoms with Gasteiger partial charge in [0.15, 0.2) is 5.58 Å². The van der Waals surface area contributed by atoms with Gasteiger partial charge >= 0.3 is 0 Å². The summed E-state index contributed by atoms with van der Waals surface area (Å²) in [6.45, 7) is 0. The maximum atomic E-state index is 12.7. The van der Waals surface area contributed by atoms with Crippen molar-refractivity contribution < 1.29 is 8.81 Å². The molecule has 18 heavy (non-hydrogen) atoms. The van der Waals surface area contributed by atoms with E-state index in [-0.39, 0.29) is 5.82 Å². The predicted molar refractivity (Wildman–Crippen MR) is 66.7 cm³/mol. The molecule has 0 spiro atoms. The summed E-state index contributed by atoms with van der Waals surface area (Å²) >= 11 is 1.23. The number of hydrogen-bond acceptors (Lipinski definition) is 5. The molecule has 2 heterocycles. The highest BCUT2D eigenvalue weighted by Gasteiger charge is 2.08. The maximum absolute atomic E-state index is 12.7. The van der Waals surface area contributed by atoms with Gasteiger partial charge in [0.05, 0.1) is 6.20 Å². The van der Waals surface area contributed by atoms with Crippen molar-refractivity contribution in [3.05, 3.63) is 42.3 Å². The van der Waals surface area contributed by atoms with Crippen LogP contribution in [-0.4, -0.2) is 9.97 Å². The van der Waals surface area contributed by atoms with Gasteiger partial charge in [-0.05, 0) is 36.0 Å². The van der Waals surface area contributed by atoms with Gasteiger partial charge in [-0.1, -0.05) is 0 Å². The SMILES string of the molecule is Nc1ccc2nc(Sc3ccc(F)cn3)oc2c1. The summed E-state index contributed by atoms with van der Waals surface area (Å²) in [5.74, 6) is -0.371. The molecule has 2 aromatic heterocycles. The Morgan fingerprint density at radius 3 is 2.89 bits per heavy atom. The molecule has 0 radical (unpaired) electrons. The minimum atomic E-state index is -0.371. The number of rotatable bonds is 2. The second kappa shape index (κ2) is 4.30. The quantitative estimate of drug-likeness (QED) is 0.718. The van der Waals surface area contributed by atoms with E-state index in [0.717, 1.165) is 11.7 Å². The molecule has 0 atom stereocenters. The molecular formula is C12H8FN3OS. The van der Waals surface area contributed by atoms with Gasteiger partial charge < -0.3 is 10.2 Å². The largest absolute Gasteiger partial charge is 0.431 e. The van der Waals surface area contributed by atoms with Crippen LogP contribution in [0.25, 0.3) is 11.1 Å². The Hall–Kier alpha value is -2.08. The van der Waals surface area contributed by atoms with Gasteiger partial charge in [0.25, 0.3) is 5.22 Å². The van der Waals surface area contributed by atoms with E-state index >= 15 is 0 Å². The number of nitrogens with two attached hydrogens (primary N) is 1. The van der Waals surface area contributed by atoms with Crippen molar-refractivity contribution in [3.8, 4) is 0 Å².